The molecule has 1 radical (unpaired) electrons. The van der Waals surface area contributed by atoms with E-state index in [1.54, 1.807) is 13.2 Å². The molecule has 3 N–H and O–H groups in total. The lowest BCUT2D eigenvalue weighted by Gasteiger charge is -2.18. The second kappa shape index (κ2) is 10.6. The van der Waals surface area contributed by atoms with Crippen LogP contribution in [-0.4, -0.2) is 31.0 Å². The normalized spacial score (nSPS) is 12.2. The maximum atomic E-state index is 12.8. The summed E-state index contributed by atoms with van der Waals surface area (Å²) in [7, 11) is -2.79. The molecule has 2 aromatic carbocycles. The van der Waals surface area contributed by atoms with Crippen LogP contribution in [0, 0.1) is 6.07 Å². The summed E-state index contributed by atoms with van der Waals surface area (Å²) in [6, 6.07) is 14.6. The molecule has 32 heavy (non-hydrogen) atoms. The van der Waals surface area contributed by atoms with Crippen LogP contribution in [0.2, 0.25) is 0 Å². The molecule has 3 rings (SSSR count). The SMILES string of the molecule is CCc1csc(C(Cc2[c]cc(NS(=O)(=O)O)cc2)NC(=O)Cc2ccccc2OC)n1. The summed E-state index contributed by atoms with van der Waals surface area (Å²) < 4.78 is 38.1. The van der Waals surface area contributed by atoms with Gasteiger partial charge in [-0.1, -0.05) is 31.2 Å². The zero-order chi connectivity index (χ0) is 23.1. The molecule has 1 amide bonds. The number of anilines is 1. The lowest BCUT2D eigenvalue weighted by molar-refractivity contribution is -0.121. The quantitative estimate of drug-likeness (QED) is 0.388. The Morgan fingerprint density at radius 3 is 2.69 bits per heavy atom. The van der Waals surface area contributed by atoms with E-state index in [0.29, 0.717) is 12.2 Å². The van der Waals surface area contributed by atoms with E-state index in [1.165, 1.54) is 23.5 Å². The Hall–Kier alpha value is -2.95. The Morgan fingerprint density at radius 2 is 2.06 bits per heavy atom. The van der Waals surface area contributed by atoms with E-state index in [4.69, 9.17) is 9.29 Å². The summed E-state index contributed by atoms with van der Waals surface area (Å²) in [5.41, 5.74) is 2.68. The van der Waals surface area contributed by atoms with Gasteiger partial charge < -0.3 is 10.1 Å². The molecule has 1 aromatic heterocycles. The number of ether oxygens (including phenoxy) is 1. The largest absolute Gasteiger partial charge is 0.496 e. The van der Waals surface area contributed by atoms with Gasteiger partial charge in [0.2, 0.25) is 5.91 Å². The standard InChI is InChI=1S/C22H24N3O5S2/c1-3-17-14-31-22(23-17)19(12-15-8-10-18(11-9-15)25-32(27,28)29)24-21(26)13-16-6-4-5-7-20(16)30-2/h4-8,10-11,14,19,25H,3,12-13H2,1-2H3,(H,24,26)(H,27,28,29). The van der Waals surface area contributed by atoms with Gasteiger partial charge in [-0.15, -0.1) is 11.3 Å². The topological polar surface area (TPSA) is 118 Å². The van der Waals surface area contributed by atoms with Crippen LogP contribution < -0.4 is 14.8 Å². The van der Waals surface area contributed by atoms with Gasteiger partial charge in [-0.05, 0) is 42.7 Å². The van der Waals surface area contributed by atoms with Crippen molar-refractivity contribution in [3.05, 3.63) is 75.7 Å². The van der Waals surface area contributed by atoms with E-state index >= 15 is 0 Å². The van der Waals surface area contributed by atoms with Gasteiger partial charge >= 0.3 is 10.3 Å². The molecule has 10 heteroatoms. The molecule has 0 fully saturated rings. The van der Waals surface area contributed by atoms with E-state index in [0.717, 1.165) is 28.2 Å². The minimum Gasteiger partial charge on any atom is -0.496 e. The van der Waals surface area contributed by atoms with Crippen molar-refractivity contribution in [3.63, 3.8) is 0 Å². The zero-order valence-electron chi connectivity index (χ0n) is 17.7. The molecule has 0 spiro atoms. The molecule has 1 atom stereocenters. The van der Waals surface area contributed by atoms with Crippen LogP contribution in [-0.2, 0) is 34.4 Å². The number of para-hydroxylation sites is 1. The van der Waals surface area contributed by atoms with Crippen molar-refractivity contribution < 1.29 is 22.5 Å². The third-order valence-corrected chi connectivity index (χ3v) is 6.16. The van der Waals surface area contributed by atoms with Crippen molar-refractivity contribution >= 4 is 33.2 Å². The van der Waals surface area contributed by atoms with Crippen LogP contribution in [0.25, 0.3) is 0 Å². The fourth-order valence-corrected chi connectivity index (χ4v) is 4.51. The van der Waals surface area contributed by atoms with E-state index in [2.05, 4.69) is 16.4 Å². The number of hydrogen-bond acceptors (Lipinski definition) is 6. The van der Waals surface area contributed by atoms with E-state index in [-0.39, 0.29) is 24.1 Å². The first kappa shape index (κ1) is 23.7. The van der Waals surface area contributed by atoms with Gasteiger partial charge in [-0.25, -0.2) is 4.98 Å². The number of hydrogen-bond donors (Lipinski definition) is 3. The lowest BCUT2D eigenvalue weighted by Crippen LogP contribution is -2.31. The molecule has 1 heterocycles. The summed E-state index contributed by atoms with van der Waals surface area (Å²) in [4.78, 5) is 17.5. The van der Waals surface area contributed by atoms with Crippen LogP contribution in [0.3, 0.4) is 0 Å². The average molecular weight is 475 g/mol. The molecule has 0 saturated heterocycles. The maximum Gasteiger partial charge on any atom is 0.357 e. The highest BCUT2D eigenvalue weighted by molar-refractivity contribution is 7.87. The number of benzene rings is 2. The number of rotatable bonds is 10. The zero-order valence-corrected chi connectivity index (χ0v) is 19.3. The number of carbonyl (C=O) groups excluding carboxylic acids is 1. The predicted molar refractivity (Wildman–Crippen MR) is 123 cm³/mol. The highest BCUT2D eigenvalue weighted by atomic mass is 32.2. The fourth-order valence-electron chi connectivity index (χ4n) is 3.13. The molecule has 169 valence electrons. The number of nitrogens with one attached hydrogen (secondary N) is 2. The summed E-state index contributed by atoms with van der Waals surface area (Å²) in [5.74, 6) is 0.481. The highest BCUT2D eigenvalue weighted by Gasteiger charge is 2.20. The Labute approximate surface area is 191 Å². The maximum absolute atomic E-state index is 12.8. The monoisotopic (exact) mass is 474 g/mol. The number of amides is 1. The second-order valence-corrected chi connectivity index (χ2v) is 9.07. The van der Waals surface area contributed by atoms with Gasteiger partial charge in [-0.2, -0.15) is 8.42 Å². The molecular weight excluding hydrogens is 450 g/mol. The fraction of sp³-hybridized carbons (Fsp3) is 0.273. The summed E-state index contributed by atoms with van der Waals surface area (Å²) in [6.45, 7) is 2.02. The van der Waals surface area contributed by atoms with Crippen LogP contribution in [0.15, 0.2) is 47.8 Å². The van der Waals surface area contributed by atoms with Gasteiger partial charge in [0.25, 0.3) is 0 Å². The molecule has 0 aliphatic carbocycles. The third kappa shape index (κ3) is 6.78. The molecule has 1 unspecified atom stereocenters. The second-order valence-electron chi connectivity index (χ2n) is 7.02. The molecular formula is C22H24N3O5S2. The highest BCUT2D eigenvalue weighted by Crippen LogP contribution is 2.24. The predicted octanol–water partition coefficient (Wildman–Crippen LogP) is 3.37. The van der Waals surface area contributed by atoms with Crippen molar-refractivity contribution in [3.8, 4) is 5.75 Å². The number of methoxy groups -OCH3 is 1. The van der Waals surface area contributed by atoms with Crippen LogP contribution in [0.5, 0.6) is 5.75 Å². The van der Waals surface area contributed by atoms with Gasteiger partial charge in [0, 0.05) is 10.9 Å². The van der Waals surface area contributed by atoms with Crippen LogP contribution >= 0.6 is 11.3 Å². The number of nitrogens with zero attached hydrogens (tertiary/aromatic N) is 1. The van der Waals surface area contributed by atoms with Gasteiger partial charge in [0.05, 0.1) is 31.0 Å². The van der Waals surface area contributed by atoms with Crippen LogP contribution in [0.4, 0.5) is 5.69 Å². The van der Waals surface area contributed by atoms with Crippen molar-refractivity contribution in [2.24, 2.45) is 0 Å². The van der Waals surface area contributed by atoms with Gasteiger partial charge in [-0.3, -0.25) is 14.1 Å². The molecule has 0 saturated carbocycles. The van der Waals surface area contributed by atoms with E-state index in [1.807, 2.05) is 41.3 Å². The number of thiazole rings is 1. The molecule has 3 aromatic rings. The first-order valence-corrected chi connectivity index (χ1v) is 12.2. The van der Waals surface area contributed by atoms with Crippen molar-refractivity contribution in [2.45, 2.75) is 32.2 Å². The first-order chi connectivity index (χ1) is 15.3. The van der Waals surface area contributed by atoms with Gasteiger partial charge in [0.1, 0.15) is 10.8 Å². The number of aryl methyl sites for hydroxylation is 1. The number of aromatic nitrogens is 1. The van der Waals surface area contributed by atoms with E-state index < -0.39 is 10.3 Å². The molecule has 0 bridgehead atoms. The molecule has 0 aliphatic heterocycles. The first-order valence-electron chi connectivity index (χ1n) is 9.88. The molecule has 8 nitrogen and oxygen atoms in total. The summed E-state index contributed by atoms with van der Waals surface area (Å²) in [5, 5.41) is 5.80. The minimum absolute atomic E-state index is 0.160. The van der Waals surface area contributed by atoms with Gasteiger partial charge in [0.15, 0.2) is 0 Å². The number of carbonyl (C=O) groups is 1. The van der Waals surface area contributed by atoms with Crippen molar-refractivity contribution in [2.75, 3.05) is 11.8 Å². The Morgan fingerprint density at radius 1 is 1.28 bits per heavy atom. The van der Waals surface area contributed by atoms with Crippen molar-refractivity contribution in [1.29, 1.82) is 0 Å². The van der Waals surface area contributed by atoms with Crippen molar-refractivity contribution in [1.82, 2.24) is 10.3 Å². The van der Waals surface area contributed by atoms with Crippen LogP contribution in [0.1, 0.15) is 34.8 Å². The summed E-state index contributed by atoms with van der Waals surface area (Å²) >= 11 is 1.48. The average Bonchev–Trinajstić information content (AvgIpc) is 3.23. The Bertz CT molecular complexity index is 1160. The molecule has 0 aliphatic rings. The Kier molecular flexibility index (Phi) is 7.84. The van der Waals surface area contributed by atoms with E-state index in [9.17, 15) is 13.2 Å². The summed E-state index contributed by atoms with van der Waals surface area (Å²) in [6.07, 6.45) is 1.37. The third-order valence-electron chi connectivity index (χ3n) is 4.66. The lowest BCUT2D eigenvalue weighted by atomic mass is 10.0. The Balaban J connectivity index is 1.77. The minimum atomic E-state index is -4.35. The smallest absolute Gasteiger partial charge is 0.357 e.